The van der Waals surface area contributed by atoms with Gasteiger partial charge in [-0.25, -0.2) is 19.6 Å². The Kier molecular flexibility index (Phi) is 8.44. The summed E-state index contributed by atoms with van der Waals surface area (Å²) in [6.45, 7) is 1.80. The first-order valence-corrected chi connectivity index (χ1v) is 15.7. The van der Waals surface area contributed by atoms with Crippen LogP contribution in [-0.4, -0.2) is 51.5 Å². The lowest BCUT2D eigenvalue weighted by atomic mass is 9.97. The number of aromatic nitrogens is 7. The quantitative estimate of drug-likeness (QED) is 0.201. The Bertz CT molecular complexity index is 2200. The zero-order valence-electron chi connectivity index (χ0n) is 26.1. The summed E-state index contributed by atoms with van der Waals surface area (Å²) in [7, 11) is 0. The predicted octanol–water partition coefficient (Wildman–Crippen LogP) is 4.89. The van der Waals surface area contributed by atoms with Crippen LogP contribution in [0, 0.1) is 5.92 Å². The number of fused-ring (bicyclic) bond motifs is 4. The molecule has 50 heavy (non-hydrogen) atoms. The summed E-state index contributed by atoms with van der Waals surface area (Å²) in [6.07, 6.45) is 4.81. The molecule has 4 aromatic heterocycles. The molecule has 18 heteroatoms. The van der Waals surface area contributed by atoms with Crippen LogP contribution in [0.1, 0.15) is 37.9 Å². The van der Waals surface area contributed by atoms with Crippen LogP contribution in [0.25, 0.3) is 28.2 Å². The van der Waals surface area contributed by atoms with Gasteiger partial charge < -0.3 is 10.4 Å². The first kappa shape index (κ1) is 32.7. The molecule has 2 atom stereocenters. The van der Waals surface area contributed by atoms with Gasteiger partial charge in [-0.05, 0) is 43.2 Å². The van der Waals surface area contributed by atoms with E-state index < -0.39 is 29.4 Å². The van der Waals surface area contributed by atoms with Crippen molar-refractivity contribution in [2.24, 2.45) is 5.92 Å². The van der Waals surface area contributed by atoms with Gasteiger partial charge in [0.2, 0.25) is 11.8 Å². The number of nitrogens with one attached hydrogen (secondary N) is 3. The lowest BCUT2D eigenvalue weighted by Crippen LogP contribution is -2.38. The Hall–Kier alpha value is -5.81. The normalized spacial score (nSPS) is 18.0. The summed E-state index contributed by atoms with van der Waals surface area (Å²) in [5.74, 6) is -0.930. The molecule has 7 rings (SSSR count). The third kappa shape index (κ3) is 6.35. The maximum absolute atomic E-state index is 13.8. The number of carbonyl (C=O) groups is 1. The van der Waals surface area contributed by atoms with Crippen LogP contribution < -0.4 is 26.8 Å². The number of nitrogens with zero attached hydrogens (tertiary/aromatic N) is 8. The van der Waals surface area contributed by atoms with Gasteiger partial charge in [-0.2, -0.15) is 18.3 Å². The van der Waals surface area contributed by atoms with Crippen molar-refractivity contribution in [1.82, 2.24) is 45.2 Å². The van der Waals surface area contributed by atoms with E-state index in [4.69, 9.17) is 11.6 Å². The number of hydrogen-bond acceptors (Lipinski definition) is 11. The molecular formula is C32H27ClF3N11O3. The predicted molar refractivity (Wildman–Crippen MR) is 176 cm³/mol. The fraction of sp³-hybridized carbons (Fsp3) is 0.219. The molecule has 0 spiro atoms. The number of hydrazine groups is 2. The number of alkyl halides is 3. The minimum atomic E-state index is -4.62. The lowest BCUT2D eigenvalue weighted by Gasteiger charge is -2.22. The van der Waals surface area contributed by atoms with Crippen molar-refractivity contribution >= 4 is 28.9 Å². The van der Waals surface area contributed by atoms with E-state index in [9.17, 15) is 27.9 Å². The highest BCUT2D eigenvalue weighted by Crippen LogP contribution is 2.36. The van der Waals surface area contributed by atoms with Crippen LogP contribution in [0.5, 0.6) is 5.88 Å². The van der Waals surface area contributed by atoms with Crippen LogP contribution in [0.3, 0.4) is 0 Å². The number of aromatic hydroxyl groups is 1. The average molecular weight is 706 g/mol. The summed E-state index contributed by atoms with van der Waals surface area (Å²) in [6, 6.07) is 8.70. The molecule has 2 aliphatic rings. The van der Waals surface area contributed by atoms with E-state index in [1.165, 1.54) is 52.4 Å². The van der Waals surface area contributed by atoms with Gasteiger partial charge in [0.05, 0.1) is 53.7 Å². The summed E-state index contributed by atoms with van der Waals surface area (Å²) < 4.78 is 42.7. The number of carbonyl (C=O) groups excluding carboxylic acids is 1. The Balaban J connectivity index is 1.28. The average Bonchev–Trinajstić information content (AvgIpc) is 3.75. The number of amides is 1. The van der Waals surface area contributed by atoms with Gasteiger partial charge in [0.25, 0.3) is 5.56 Å². The van der Waals surface area contributed by atoms with E-state index in [0.717, 1.165) is 11.2 Å². The van der Waals surface area contributed by atoms with Gasteiger partial charge in [-0.15, -0.1) is 5.53 Å². The van der Waals surface area contributed by atoms with E-state index in [-0.39, 0.29) is 33.9 Å². The summed E-state index contributed by atoms with van der Waals surface area (Å²) in [5.41, 5.74) is 5.96. The third-order valence-electron chi connectivity index (χ3n) is 8.39. The van der Waals surface area contributed by atoms with Crippen molar-refractivity contribution in [2.45, 2.75) is 38.4 Å². The van der Waals surface area contributed by atoms with Crippen molar-refractivity contribution in [3.05, 3.63) is 101 Å². The standard InChI is InChI=1S/C32H27ClF3N11O3/c1-17-3-2-4-25(22-9-18(7-8-38-22)29-23(41-30(17)49)13-46(43-29)26-12-37-15-39-31(26)50)45-16-40-21(11-28(45)48)20-10-19(33)5-6-24(20)47-14-27(42-44-47)32(34,35)36/h5-17,25,42,44H,2-4H2,1H3,(H,41,49)(H,37,39,50)/t17-,25+/m1/s1. The van der Waals surface area contributed by atoms with E-state index in [1.54, 1.807) is 31.5 Å². The summed E-state index contributed by atoms with van der Waals surface area (Å²) in [5, 5.41) is 19.3. The Morgan fingerprint density at radius 2 is 1.88 bits per heavy atom. The van der Waals surface area contributed by atoms with Gasteiger partial charge in [0.1, 0.15) is 17.7 Å². The highest BCUT2D eigenvalue weighted by Gasteiger charge is 2.38. The van der Waals surface area contributed by atoms with E-state index in [2.05, 4.69) is 41.3 Å². The first-order chi connectivity index (χ1) is 24.0. The van der Waals surface area contributed by atoms with Gasteiger partial charge in [0, 0.05) is 34.3 Å². The van der Waals surface area contributed by atoms with E-state index >= 15 is 0 Å². The summed E-state index contributed by atoms with van der Waals surface area (Å²) in [4.78, 5) is 44.0. The molecule has 1 aromatic carbocycles. The number of halogens is 4. The van der Waals surface area contributed by atoms with Gasteiger partial charge >= 0.3 is 6.18 Å². The molecule has 0 saturated heterocycles. The van der Waals surface area contributed by atoms with E-state index in [1.807, 2.05) is 0 Å². The van der Waals surface area contributed by atoms with Crippen molar-refractivity contribution in [3.8, 4) is 34.1 Å². The molecule has 5 aromatic rings. The maximum atomic E-state index is 13.8. The Morgan fingerprint density at radius 3 is 2.64 bits per heavy atom. The molecule has 0 aliphatic carbocycles. The molecule has 0 fully saturated rings. The Morgan fingerprint density at radius 1 is 1.04 bits per heavy atom. The van der Waals surface area contributed by atoms with Crippen LogP contribution in [-0.2, 0) is 4.79 Å². The van der Waals surface area contributed by atoms with Gasteiger partial charge in [-0.3, -0.25) is 29.6 Å². The number of hydrogen-bond donors (Lipinski definition) is 4. The monoisotopic (exact) mass is 705 g/mol. The molecule has 6 heterocycles. The molecule has 2 aliphatic heterocycles. The van der Waals surface area contributed by atoms with E-state index in [0.29, 0.717) is 47.5 Å². The number of anilines is 2. The molecule has 256 valence electrons. The van der Waals surface area contributed by atoms with Crippen LogP contribution in [0.2, 0.25) is 5.02 Å². The minimum absolute atomic E-state index is 0.183. The van der Waals surface area contributed by atoms with Crippen molar-refractivity contribution in [3.63, 3.8) is 0 Å². The number of benzene rings is 1. The molecule has 0 unspecified atom stereocenters. The highest BCUT2D eigenvalue weighted by atomic mass is 35.5. The summed E-state index contributed by atoms with van der Waals surface area (Å²) >= 11 is 6.27. The first-order valence-electron chi connectivity index (χ1n) is 15.3. The number of rotatable bonds is 4. The molecule has 14 nitrogen and oxygen atoms in total. The minimum Gasteiger partial charge on any atom is -0.492 e. The second kappa shape index (κ2) is 12.9. The second-order valence-electron chi connectivity index (χ2n) is 11.7. The second-order valence-corrected chi connectivity index (χ2v) is 12.1. The molecular weight excluding hydrogens is 679 g/mol. The fourth-order valence-corrected chi connectivity index (χ4v) is 5.97. The number of allylic oxidation sites excluding steroid dienone is 1. The molecule has 2 bridgehead atoms. The largest absolute Gasteiger partial charge is 0.492 e. The number of pyridine rings is 1. The molecule has 0 saturated carbocycles. The van der Waals surface area contributed by atoms with Crippen molar-refractivity contribution in [1.29, 1.82) is 0 Å². The van der Waals surface area contributed by atoms with Gasteiger partial charge in [0.15, 0.2) is 5.70 Å². The highest BCUT2D eigenvalue weighted by molar-refractivity contribution is 6.31. The van der Waals surface area contributed by atoms with Crippen molar-refractivity contribution < 1.29 is 23.1 Å². The van der Waals surface area contributed by atoms with Crippen molar-refractivity contribution in [2.75, 3.05) is 10.3 Å². The smallest absolute Gasteiger partial charge is 0.433 e. The topological polar surface area (TPSA) is 168 Å². The lowest BCUT2D eigenvalue weighted by molar-refractivity contribution is -0.119. The maximum Gasteiger partial charge on any atom is 0.433 e. The van der Waals surface area contributed by atoms with Crippen LogP contribution in [0.4, 0.5) is 24.5 Å². The fourth-order valence-electron chi connectivity index (χ4n) is 5.79. The zero-order chi connectivity index (χ0) is 35.2. The van der Waals surface area contributed by atoms with Gasteiger partial charge in [-0.1, -0.05) is 24.9 Å². The SMILES string of the molecule is C[C@@H]1CCC[C@H](n2cnc(-c3cc(Cl)ccc3N3C=C(C(F)(F)F)NN3)cc2=O)c2cc(ccn2)-c2nn(-c3cncnc3O)cc2NC1=O. The molecule has 4 N–H and O–H groups in total. The zero-order valence-corrected chi connectivity index (χ0v) is 26.8. The Labute approximate surface area is 286 Å². The molecule has 0 radical (unpaired) electrons. The van der Waals surface area contributed by atoms with Crippen LogP contribution >= 0.6 is 11.6 Å². The molecule has 1 amide bonds. The third-order valence-corrected chi connectivity index (χ3v) is 8.63. The van der Waals surface area contributed by atoms with Crippen LogP contribution in [0.15, 0.2) is 84.3 Å².